The highest BCUT2D eigenvalue weighted by molar-refractivity contribution is 5.75. The van der Waals surface area contributed by atoms with Crippen LogP contribution in [-0.4, -0.2) is 49.5 Å². The molecule has 0 aliphatic carbocycles. The summed E-state index contributed by atoms with van der Waals surface area (Å²) < 4.78 is 1.38. The van der Waals surface area contributed by atoms with Crippen LogP contribution < -0.4 is 10.9 Å². The van der Waals surface area contributed by atoms with Gasteiger partial charge in [-0.15, -0.1) is 0 Å². The van der Waals surface area contributed by atoms with Crippen molar-refractivity contribution >= 4 is 10.9 Å². The van der Waals surface area contributed by atoms with Crippen LogP contribution in [0.1, 0.15) is 20.3 Å². The summed E-state index contributed by atoms with van der Waals surface area (Å²) in [6.45, 7) is 0.906. The van der Waals surface area contributed by atoms with Gasteiger partial charge in [-0.05, 0) is 25.5 Å². The maximum Gasteiger partial charge on any atom is 0.262 e. The van der Waals surface area contributed by atoms with Crippen LogP contribution in [0.15, 0.2) is 29.6 Å². The molecule has 3 rings (SSSR count). The first kappa shape index (κ1) is 16.5. The van der Waals surface area contributed by atoms with Crippen LogP contribution in [0.5, 0.6) is 0 Å². The molecule has 1 fully saturated rings. The molecular formula is C15H22N4O3. The Bertz CT molecular complexity index is 688. The minimum absolute atomic E-state index is 0. The van der Waals surface area contributed by atoms with Crippen molar-refractivity contribution in [1.29, 1.82) is 0 Å². The van der Waals surface area contributed by atoms with Crippen LogP contribution >= 0.6 is 0 Å². The fourth-order valence-corrected chi connectivity index (χ4v) is 2.72. The number of pyridine rings is 1. The van der Waals surface area contributed by atoms with Gasteiger partial charge < -0.3 is 15.5 Å². The second-order valence-corrected chi connectivity index (χ2v) is 5.40. The van der Waals surface area contributed by atoms with Crippen LogP contribution in [0.3, 0.4) is 0 Å². The van der Waals surface area contributed by atoms with Crippen molar-refractivity contribution in [3.8, 4) is 0 Å². The normalized spacial score (nSPS) is 22.5. The van der Waals surface area contributed by atoms with Gasteiger partial charge >= 0.3 is 0 Å². The highest BCUT2D eigenvalue weighted by Crippen LogP contribution is 2.13. The molecule has 120 valence electrons. The number of hydrogen-bond donors (Lipinski definition) is 3. The molecule has 0 unspecified atom stereocenters. The lowest BCUT2D eigenvalue weighted by atomic mass is 10.1. The fraction of sp³-hybridized carbons (Fsp3) is 0.533. The molecule has 3 N–H and O–H groups in total. The van der Waals surface area contributed by atoms with E-state index in [1.165, 1.54) is 17.1 Å². The van der Waals surface area contributed by atoms with Crippen molar-refractivity contribution in [3.63, 3.8) is 0 Å². The SMILES string of the molecule is C.O=c1c2cnccc2ncn1C[C@@H](O)C[C@H]1NCC[C@@H]1O. The second-order valence-electron chi connectivity index (χ2n) is 5.40. The van der Waals surface area contributed by atoms with Gasteiger partial charge in [-0.25, -0.2) is 4.98 Å². The van der Waals surface area contributed by atoms with E-state index < -0.39 is 12.2 Å². The lowest BCUT2D eigenvalue weighted by Crippen LogP contribution is -2.36. The third kappa shape index (κ3) is 3.32. The molecule has 1 aliphatic rings. The van der Waals surface area contributed by atoms with Crippen LogP contribution in [0.4, 0.5) is 0 Å². The van der Waals surface area contributed by atoms with Crippen molar-refractivity contribution in [3.05, 3.63) is 35.1 Å². The molecule has 0 bridgehead atoms. The smallest absolute Gasteiger partial charge is 0.262 e. The van der Waals surface area contributed by atoms with Crippen LogP contribution in [-0.2, 0) is 6.54 Å². The van der Waals surface area contributed by atoms with Crippen LogP contribution in [0, 0.1) is 0 Å². The number of rotatable bonds is 4. The van der Waals surface area contributed by atoms with E-state index in [2.05, 4.69) is 15.3 Å². The summed E-state index contributed by atoms with van der Waals surface area (Å²) >= 11 is 0. The first-order valence-corrected chi connectivity index (χ1v) is 7.04. The molecule has 1 aliphatic heterocycles. The summed E-state index contributed by atoms with van der Waals surface area (Å²) in [7, 11) is 0. The second kappa shape index (κ2) is 6.95. The topological polar surface area (TPSA) is 100 Å². The number of aliphatic hydroxyl groups is 2. The van der Waals surface area contributed by atoms with Gasteiger partial charge in [-0.1, -0.05) is 7.43 Å². The lowest BCUT2D eigenvalue weighted by molar-refractivity contribution is 0.0926. The van der Waals surface area contributed by atoms with Crippen molar-refractivity contribution in [2.75, 3.05) is 6.54 Å². The quantitative estimate of drug-likeness (QED) is 0.729. The molecule has 0 saturated carbocycles. The van der Waals surface area contributed by atoms with Crippen molar-refractivity contribution in [2.24, 2.45) is 0 Å². The minimum atomic E-state index is -0.719. The molecule has 1 saturated heterocycles. The molecule has 2 aromatic rings. The van der Waals surface area contributed by atoms with Crippen molar-refractivity contribution < 1.29 is 10.2 Å². The van der Waals surface area contributed by atoms with E-state index in [-0.39, 0.29) is 25.6 Å². The van der Waals surface area contributed by atoms with E-state index in [0.717, 1.165) is 6.54 Å². The van der Waals surface area contributed by atoms with Gasteiger partial charge in [-0.2, -0.15) is 0 Å². The van der Waals surface area contributed by atoms with E-state index in [9.17, 15) is 15.0 Å². The molecule has 22 heavy (non-hydrogen) atoms. The fourth-order valence-electron chi connectivity index (χ4n) is 2.72. The predicted molar refractivity (Wildman–Crippen MR) is 83.6 cm³/mol. The molecule has 7 heteroatoms. The zero-order valence-corrected chi connectivity index (χ0v) is 11.5. The predicted octanol–water partition coefficient (Wildman–Crippen LogP) is -0.0986. The molecule has 7 nitrogen and oxygen atoms in total. The number of aliphatic hydroxyl groups excluding tert-OH is 2. The van der Waals surface area contributed by atoms with E-state index in [1.807, 2.05) is 0 Å². The number of aromatic nitrogens is 3. The highest BCUT2D eigenvalue weighted by atomic mass is 16.3. The standard InChI is InChI=1S/C14H18N4O3.CH4/c19-9(5-12-13(20)2-4-16-12)7-18-8-17-11-1-3-15-6-10(11)14(18)21;/h1,3,6,8-9,12-13,16,19-20H,2,4-5,7H2;1H4/t9-,12+,13-;/m0./s1. The van der Waals surface area contributed by atoms with E-state index in [1.54, 1.807) is 12.3 Å². The maximum absolute atomic E-state index is 12.3. The Kier molecular flexibility index (Phi) is 5.23. The van der Waals surface area contributed by atoms with Crippen molar-refractivity contribution in [2.45, 2.75) is 45.1 Å². The van der Waals surface area contributed by atoms with E-state index in [0.29, 0.717) is 23.7 Å². The summed E-state index contributed by atoms with van der Waals surface area (Å²) in [5.41, 5.74) is 0.376. The molecular weight excluding hydrogens is 284 g/mol. The average Bonchev–Trinajstić information content (AvgIpc) is 2.87. The summed E-state index contributed by atoms with van der Waals surface area (Å²) in [4.78, 5) is 20.4. The lowest BCUT2D eigenvalue weighted by Gasteiger charge is -2.19. The third-order valence-electron chi connectivity index (χ3n) is 3.87. The minimum Gasteiger partial charge on any atom is -0.391 e. The highest BCUT2D eigenvalue weighted by Gasteiger charge is 2.26. The Labute approximate surface area is 128 Å². The van der Waals surface area contributed by atoms with Gasteiger partial charge in [0, 0.05) is 18.4 Å². The van der Waals surface area contributed by atoms with Gasteiger partial charge in [0.05, 0.1) is 36.0 Å². The molecule has 0 amide bonds. The monoisotopic (exact) mass is 306 g/mol. The molecule has 0 aromatic carbocycles. The first-order chi connectivity index (χ1) is 10.1. The van der Waals surface area contributed by atoms with Gasteiger partial charge in [0.1, 0.15) is 0 Å². The first-order valence-electron chi connectivity index (χ1n) is 7.04. The van der Waals surface area contributed by atoms with Crippen molar-refractivity contribution in [1.82, 2.24) is 19.9 Å². The summed E-state index contributed by atoms with van der Waals surface area (Å²) in [6, 6.07) is 1.56. The Morgan fingerprint density at radius 1 is 1.50 bits per heavy atom. The molecule has 2 aromatic heterocycles. The average molecular weight is 306 g/mol. The molecule has 0 spiro atoms. The third-order valence-corrected chi connectivity index (χ3v) is 3.87. The Morgan fingerprint density at radius 3 is 3.05 bits per heavy atom. The maximum atomic E-state index is 12.3. The summed E-state index contributed by atoms with van der Waals surface area (Å²) in [6.07, 6.45) is 4.45. The van der Waals surface area contributed by atoms with Gasteiger partial charge in [0.2, 0.25) is 0 Å². The van der Waals surface area contributed by atoms with E-state index >= 15 is 0 Å². The molecule has 3 atom stereocenters. The summed E-state index contributed by atoms with van der Waals surface area (Å²) in [5, 5.41) is 23.4. The summed E-state index contributed by atoms with van der Waals surface area (Å²) in [5.74, 6) is 0. The Morgan fingerprint density at radius 2 is 2.32 bits per heavy atom. The van der Waals surface area contributed by atoms with Crippen LogP contribution in [0.25, 0.3) is 10.9 Å². The Balaban J connectivity index is 0.00000176. The number of hydrogen-bond acceptors (Lipinski definition) is 6. The van der Waals surface area contributed by atoms with E-state index in [4.69, 9.17) is 0 Å². The molecule has 3 heterocycles. The Hall–Kier alpha value is -1.83. The number of fused-ring (bicyclic) bond motifs is 1. The largest absolute Gasteiger partial charge is 0.391 e. The van der Waals surface area contributed by atoms with Gasteiger partial charge in [0.25, 0.3) is 5.56 Å². The zero-order valence-electron chi connectivity index (χ0n) is 11.5. The molecule has 0 radical (unpaired) electrons. The number of nitrogens with zero attached hydrogens (tertiary/aromatic N) is 3. The van der Waals surface area contributed by atoms with Crippen LogP contribution in [0.2, 0.25) is 0 Å². The van der Waals surface area contributed by atoms with Gasteiger partial charge in [-0.3, -0.25) is 14.3 Å². The zero-order chi connectivity index (χ0) is 14.8. The van der Waals surface area contributed by atoms with Gasteiger partial charge in [0.15, 0.2) is 0 Å². The number of nitrogens with one attached hydrogen (secondary N) is 1.